The maximum Gasteiger partial charge on any atom is 0.332 e. The molecule has 1 aliphatic rings. The van der Waals surface area contributed by atoms with Crippen molar-refractivity contribution in [3.8, 4) is 0 Å². The van der Waals surface area contributed by atoms with Gasteiger partial charge in [-0.15, -0.1) is 0 Å². The number of nitrogens with zero attached hydrogens (tertiary/aromatic N) is 4. The lowest BCUT2D eigenvalue weighted by Gasteiger charge is -2.33. The number of nitro groups is 1. The first-order chi connectivity index (χ1) is 9.56. The molecule has 2 rings (SSSR count). The average molecular weight is 279 g/mol. The predicted molar refractivity (Wildman–Crippen MR) is 78.2 cm³/mol. The molecule has 0 amide bonds. The first kappa shape index (κ1) is 14.5. The van der Waals surface area contributed by atoms with Gasteiger partial charge in [-0.1, -0.05) is 13.3 Å². The van der Waals surface area contributed by atoms with Gasteiger partial charge in [0, 0.05) is 20.1 Å². The monoisotopic (exact) mass is 279 g/mol. The number of hydrogen-bond acceptors (Lipinski definition) is 6. The molecule has 0 saturated carbocycles. The minimum absolute atomic E-state index is 0.0285. The molecule has 1 unspecified atom stereocenters. The number of hydrogen-bond donors (Lipinski definition) is 1. The van der Waals surface area contributed by atoms with E-state index >= 15 is 0 Å². The lowest BCUT2D eigenvalue weighted by atomic mass is 9.95. The maximum absolute atomic E-state index is 11.3. The molecular formula is C13H21N5O2. The fourth-order valence-corrected chi connectivity index (χ4v) is 2.69. The van der Waals surface area contributed by atoms with Crippen LogP contribution in [0.25, 0.3) is 0 Å². The summed E-state index contributed by atoms with van der Waals surface area (Å²) in [5.41, 5.74) is 0.434. The molecule has 1 aromatic rings. The molecule has 1 N–H and O–H groups in total. The molecule has 0 aromatic carbocycles. The van der Waals surface area contributed by atoms with Crippen molar-refractivity contribution in [2.75, 3.05) is 30.4 Å². The zero-order valence-electron chi connectivity index (χ0n) is 12.2. The van der Waals surface area contributed by atoms with Gasteiger partial charge in [0.25, 0.3) is 0 Å². The van der Waals surface area contributed by atoms with Gasteiger partial charge < -0.3 is 10.2 Å². The van der Waals surface area contributed by atoms with E-state index in [1.54, 1.807) is 14.0 Å². The van der Waals surface area contributed by atoms with E-state index in [0.717, 1.165) is 25.9 Å². The Kier molecular flexibility index (Phi) is 4.36. The minimum Gasteiger partial charge on any atom is -0.357 e. The smallest absolute Gasteiger partial charge is 0.332 e. The third kappa shape index (κ3) is 2.81. The van der Waals surface area contributed by atoms with Crippen LogP contribution in [0.1, 0.15) is 31.9 Å². The molecule has 0 spiro atoms. The van der Waals surface area contributed by atoms with Crippen LogP contribution in [0.15, 0.2) is 0 Å². The highest BCUT2D eigenvalue weighted by atomic mass is 16.6. The maximum atomic E-state index is 11.3. The second kappa shape index (κ2) is 6.02. The molecule has 1 aliphatic heterocycles. The lowest BCUT2D eigenvalue weighted by Crippen LogP contribution is -2.36. The summed E-state index contributed by atoms with van der Waals surface area (Å²) in [5, 5.41) is 14.2. The Bertz CT molecular complexity index is 506. The second-order valence-corrected chi connectivity index (χ2v) is 5.17. The SMILES string of the molecule is CCC1CCCN(c2nc(NC)nc(C)c2[N+](=O)[O-])C1. The molecule has 7 heteroatoms. The summed E-state index contributed by atoms with van der Waals surface area (Å²) < 4.78 is 0. The second-order valence-electron chi connectivity index (χ2n) is 5.17. The van der Waals surface area contributed by atoms with Gasteiger partial charge in [0.15, 0.2) is 0 Å². The van der Waals surface area contributed by atoms with Crippen molar-refractivity contribution in [2.24, 2.45) is 5.92 Å². The van der Waals surface area contributed by atoms with Crippen LogP contribution in [0.2, 0.25) is 0 Å². The van der Waals surface area contributed by atoms with Crippen LogP contribution in [-0.4, -0.2) is 35.0 Å². The van der Waals surface area contributed by atoms with Gasteiger partial charge in [0.1, 0.15) is 5.69 Å². The number of aromatic nitrogens is 2. The zero-order chi connectivity index (χ0) is 14.7. The van der Waals surface area contributed by atoms with Gasteiger partial charge in [-0.3, -0.25) is 10.1 Å². The number of anilines is 2. The highest BCUT2D eigenvalue weighted by Gasteiger charge is 2.29. The van der Waals surface area contributed by atoms with Crippen molar-refractivity contribution in [3.63, 3.8) is 0 Å². The van der Waals surface area contributed by atoms with Crippen molar-refractivity contribution < 1.29 is 4.92 Å². The zero-order valence-corrected chi connectivity index (χ0v) is 12.2. The third-order valence-electron chi connectivity index (χ3n) is 3.84. The molecule has 1 atom stereocenters. The van der Waals surface area contributed by atoms with E-state index in [4.69, 9.17) is 0 Å². The van der Waals surface area contributed by atoms with E-state index < -0.39 is 0 Å². The summed E-state index contributed by atoms with van der Waals surface area (Å²) in [7, 11) is 1.72. The predicted octanol–water partition coefficient (Wildman–Crippen LogP) is 2.36. The standard InChI is InChI=1S/C13H21N5O2/c1-4-10-6-5-7-17(8-10)12-11(18(19)20)9(2)15-13(14-3)16-12/h10H,4-8H2,1-3H3,(H,14,15,16). The highest BCUT2D eigenvalue weighted by Crippen LogP contribution is 2.33. The summed E-state index contributed by atoms with van der Waals surface area (Å²) in [5.74, 6) is 1.46. The van der Waals surface area contributed by atoms with E-state index in [9.17, 15) is 10.1 Å². The Morgan fingerprint density at radius 1 is 1.50 bits per heavy atom. The van der Waals surface area contributed by atoms with Crippen LogP contribution >= 0.6 is 0 Å². The van der Waals surface area contributed by atoms with Gasteiger partial charge in [0.2, 0.25) is 11.8 Å². The first-order valence-corrected chi connectivity index (χ1v) is 7.02. The Morgan fingerprint density at radius 2 is 2.25 bits per heavy atom. The summed E-state index contributed by atoms with van der Waals surface area (Å²) in [6.45, 7) is 5.46. The molecule has 2 heterocycles. The van der Waals surface area contributed by atoms with Gasteiger partial charge in [0.05, 0.1) is 4.92 Å². The van der Waals surface area contributed by atoms with Gasteiger partial charge in [-0.05, 0) is 25.7 Å². The molecule has 1 saturated heterocycles. The van der Waals surface area contributed by atoms with Crippen molar-refractivity contribution in [1.82, 2.24) is 9.97 Å². The van der Waals surface area contributed by atoms with E-state index in [-0.39, 0.29) is 10.6 Å². The Hall–Kier alpha value is -1.92. The van der Waals surface area contributed by atoms with Crippen LogP contribution in [0, 0.1) is 23.0 Å². The Labute approximate surface area is 118 Å². The third-order valence-corrected chi connectivity index (χ3v) is 3.84. The van der Waals surface area contributed by atoms with Gasteiger partial charge in [-0.2, -0.15) is 4.98 Å². The molecule has 0 aliphatic carbocycles. The molecule has 20 heavy (non-hydrogen) atoms. The number of piperidine rings is 1. The number of nitrogens with one attached hydrogen (secondary N) is 1. The largest absolute Gasteiger partial charge is 0.357 e. The van der Waals surface area contributed by atoms with Crippen LogP contribution in [0.3, 0.4) is 0 Å². The average Bonchev–Trinajstić information content (AvgIpc) is 2.45. The molecule has 0 bridgehead atoms. The van der Waals surface area contributed by atoms with Crippen molar-refractivity contribution in [2.45, 2.75) is 33.1 Å². The summed E-state index contributed by atoms with van der Waals surface area (Å²) in [6.07, 6.45) is 3.32. The van der Waals surface area contributed by atoms with E-state index in [1.165, 1.54) is 6.42 Å². The number of rotatable bonds is 4. The Morgan fingerprint density at radius 3 is 2.85 bits per heavy atom. The van der Waals surface area contributed by atoms with Gasteiger partial charge in [-0.25, -0.2) is 4.98 Å². The molecular weight excluding hydrogens is 258 g/mol. The van der Waals surface area contributed by atoms with Crippen LogP contribution in [0.5, 0.6) is 0 Å². The fraction of sp³-hybridized carbons (Fsp3) is 0.692. The quantitative estimate of drug-likeness (QED) is 0.672. The van der Waals surface area contributed by atoms with Crippen molar-refractivity contribution in [3.05, 3.63) is 15.8 Å². The van der Waals surface area contributed by atoms with Crippen LogP contribution in [-0.2, 0) is 0 Å². The summed E-state index contributed by atoms with van der Waals surface area (Å²) >= 11 is 0. The first-order valence-electron chi connectivity index (χ1n) is 7.02. The molecule has 110 valence electrons. The molecule has 1 aromatic heterocycles. The van der Waals surface area contributed by atoms with Crippen molar-refractivity contribution >= 4 is 17.5 Å². The fourth-order valence-electron chi connectivity index (χ4n) is 2.69. The molecule has 0 radical (unpaired) electrons. The molecule has 1 fully saturated rings. The normalized spacial score (nSPS) is 18.9. The minimum atomic E-state index is -0.375. The lowest BCUT2D eigenvalue weighted by molar-refractivity contribution is -0.385. The van der Waals surface area contributed by atoms with Gasteiger partial charge >= 0.3 is 5.69 Å². The summed E-state index contributed by atoms with van der Waals surface area (Å²) in [6, 6.07) is 0. The van der Waals surface area contributed by atoms with E-state index in [0.29, 0.717) is 23.4 Å². The van der Waals surface area contributed by atoms with E-state index in [2.05, 4.69) is 22.2 Å². The van der Waals surface area contributed by atoms with Crippen LogP contribution in [0.4, 0.5) is 17.5 Å². The number of aryl methyl sites for hydroxylation is 1. The Balaban J connectivity index is 2.42. The summed E-state index contributed by atoms with van der Waals surface area (Å²) in [4.78, 5) is 21.4. The highest BCUT2D eigenvalue weighted by molar-refractivity contribution is 5.62. The van der Waals surface area contributed by atoms with Crippen LogP contribution < -0.4 is 10.2 Å². The topological polar surface area (TPSA) is 84.2 Å². The van der Waals surface area contributed by atoms with E-state index in [1.807, 2.05) is 4.90 Å². The molecule has 7 nitrogen and oxygen atoms in total. The van der Waals surface area contributed by atoms with Crippen molar-refractivity contribution in [1.29, 1.82) is 0 Å².